The summed E-state index contributed by atoms with van der Waals surface area (Å²) in [7, 11) is 0. The number of halogens is 7. The van der Waals surface area contributed by atoms with Crippen LogP contribution in [0.15, 0.2) is 23.4 Å². The third kappa shape index (κ3) is 3.68. The first-order valence-electron chi connectivity index (χ1n) is 6.27. The van der Waals surface area contributed by atoms with Crippen molar-refractivity contribution in [1.82, 2.24) is 0 Å². The molecule has 1 aliphatic rings. The molecule has 3 atom stereocenters. The summed E-state index contributed by atoms with van der Waals surface area (Å²) >= 11 is 17.5. The lowest BCUT2D eigenvalue weighted by atomic mass is 9.87. The van der Waals surface area contributed by atoms with Gasteiger partial charge in [0.05, 0.1) is 10.5 Å². The molecule has 0 amide bonds. The molecule has 0 saturated carbocycles. The van der Waals surface area contributed by atoms with Crippen molar-refractivity contribution in [3.8, 4) is 0 Å². The van der Waals surface area contributed by atoms with Crippen LogP contribution < -0.4 is 0 Å². The molecule has 0 aliphatic carbocycles. The Hall–Kier alpha value is -0.510. The average molecular weight is 514 g/mol. The summed E-state index contributed by atoms with van der Waals surface area (Å²) in [6, 6.07) is 3.47. The lowest BCUT2D eigenvalue weighted by molar-refractivity contribution is -0.275. The highest BCUT2D eigenvalue weighted by atomic mass is 79.9. The molecular formula is C13H8Br2Cl2F3NO3. The van der Waals surface area contributed by atoms with Crippen molar-refractivity contribution in [2.45, 2.75) is 27.9 Å². The summed E-state index contributed by atoms with van der Waals surface area (Å²) < 4.78 is 41.2. The molecule has 0 radical (unpaired) electrons. The zero-order chi connectivity index (χ0) is 18.3. The van der Waals surface area contributed by atoms with Crippen molar-refractivity contribution in [2.24, 2.45) is 5.16 Å². The van der Waals surface area contributed by atoms with Crippen LogP contribution in [-0.4, -0.2) is 32.6 Å². The Kier molecular flexibility index (Phi) is 5.79. The van der Waals surface area contributed by atoms with Crippen LogP contribution in [0.3, 0.4) is 0 Å². The van der Waals surface area contributed by atoms with Gasteiger partial charge in [0.25, 0.3) is 5.60 Å². The molecule has 4 nitrogen and oxygen atoms in total. The maximum atomic E-state index is 13.7. The summed E-state index contributed by atoms with van der Waals surface area (Å²) in [5.74, 6) is -1.25. The SMILES string of the molecule is O=C(O)C(Br)C(Br)C1=NOC(c2cc(Cl)cc(Cl)c2)(C(F)(F)F)C1. The van der Waals surface area contributed by atoms with E-state index < -0.39 is 33.8 Å². The van der Waals surface area contributed by atoms with Crippen molar-refractivity contribution in [3.63, 3.8) is 0 Å². The number of rotatable bonds is 4. The van der Waals surface area contributed by atoms with Gasteiger partial charge in [0.2, 0.25) is 0 Å². The number of aliphatic carboxylic acids is 1. The molecule has 1 N–H and O–H groups in total. The van der Waals surface area contributed by atoms with E-state index in [9.17, 15) is 18.0 Å². The first-order valence-corrected chi connectivity index (χ1v) is 8.86. The van der Waals surface area contributed by atoms with Crippen LogP contribution >= 0.6 is 55.1 Å². The van der Waals surface area contributed by atoms with E-state index in [-0.39, 0.29) is 21.3 Å². The van der Waals surface area contributed by atoms with Crippen LogP contribution in [-0.2, 0) is 15.2 Å². The average Bonchev–Trinajstić information content (AvgIpc) is 2.90. The summed E-state index contributed by atoms with van der Waals surface area (Å²) in [5, 5.41) is 12.5. The molecule has 1 aliphatic heterocycles. The summed E-state index contributed by atoms with van der Waals surface area (Å²) in [6.07, 6.45) is -5.53. The molecule has 2 rings (SSSR count). The number of carboxylic acids is 1. The molecule has 1 heterocycles. The smallest absolute Gasteiger partial charge is 0.435 e. The van der Waals surface area contributed by atoms with Crippen LogP contribution in [0.25, 0.3) is 0 Å². The predicted octanol–water partition coefficient (Wildman–Crippen LogP) is 5.14. The Balaban J connectivity index is 2.42. The zero-order valence-electron chi connectivity index (χ0n) is 11.5. The second-order valence-electron chi connectivity index (χ2n) is 4.98. The van der Waals surface area contributed by atoms with E-state index in [1.165, 1.54) is 6.07 Å². The molecule has 3 unspecified atom stereocenters. The van der Waals surface area contributed by atoms with Gasteiger partial charge in [-0.15, -0.1) is 0 Å². The highest BCUT2D eigenvalue weighted by Crippen LogP contribution is 2.50. The molecule has 1 aromatic carbocycles. The van der Waals surface area contributed by atoms with E-state index in [2.05, 4.69) is 37.0 Å². The minimum Gasteiger partial charge on any atom is -0.480 e. The third-order valence-electron chi connectivity index (χ3n) is 3.35. The fraction of sp³-hybridized carbons (Fsp3) is 0.385. The second-order valence-corrected chi connectivity index (χ2v) is 7.82. The number of carbonyl (C=O) groups is 1. The third-order valence-corrected chi connectivity index (χ3v) is 6.47. The van der Waals surface area contributed by atoms with E-state index in [0.717, 1.165) is 12.1 Å². The molecule has 0 aromatic heterocycles. The maximum absolute atomic E-state index is 13.7. The Bertz CT molecular complexity index is 681. The monoisotopic (exact) mass is 511 g/mol. The van der Waals surface area contributed by atoms with Gasteiger partial charge in [0, 0.05) is 22.0 Å². The van der Waals surface area contributed by atoms with Gasteiger partial charge in [-0.05, 0) is 18.2 Å². The van der Waals surface area contributed by atoms with Crippen LogP contribution in [0.2, 0.25) is 10.0 Å². The molecular weight excluding hydrogens is 506 g/mol. The number of hydrogen-bond donors (Lipinski definition) is 1. The molecule has 0 saturated heterocycles. The Labute approximate surface area is 161 Å². The molecule has 11 heteroatoms. The summed E-state index contributed by atoms with van der Waals surface area (Å²) in [6.45, 7) is 0. The normalized spacial score (nSPS) is 23.4. The molecule has 132 valence electrons. The number of benzene rings is 1. The first kappa shape index (κ1) is 19.8. The van der Waals surface area contributed by atoms with Gasteiger partial charge in [-0.3, -0.25) is 4.79 Å². The van der Waals surface area contributed by atoms with Gasteiger partial charge < -0.3 is 9.94 Å². The summed E-state index contributed by atoms with van der Waals surface area (Å²) in [5.41, 5.74) is -3.20. The van der Waals surface area contributed by atoms with E-state index in [4.69, 9.17) is 33.1 Å². The van der Waals surface area contributed by atoms with E-state index >= 15 is 0 Å². The molecule has 0 bridgehead atoms. The van der Waals surface area contributed by atoms with Crippen LogP contribution in [0, 0.1) is 0 Å². The van der Waals surface area contributed by atoms with Crippen LogP contribution in [0.4, 0.5) is 13.2 Å². The van der Waals surface area contributed by atoms with Crippen molar-refractivity contribution >= 4 is 66.7 Å². The van der Waals surface area contributed by atoms with Gasteiger partial charge in [0.1, 0.15) is 4.83 Å². The zero-order valence-corrected chi connectivity index (χ0v) is 16.1. The first-order chi connectivity index (χ1) is 11.0. The van der Waals surface area contributed by atoms with E-state index in [1.807, 2.05) is 0 Å². The highest BCUT2D eigenvalue weighted by molar-refractivity contribution is 9.12. The predicted molar refractivity (Wildman–Crippen MR) is 90.4 cm³/mol. The topological polar surface area (TPSA) is 58.9 Å². The standard InChI is InChI=1S/C13H8Br2Cl2F3NO3/c14-9(10(15)11(22)23)8-4-12(24-21-8,13(18,19)20)5-1-6(16)3-7(17)2-5/h1-3,9-10H,4H2,(H,22,23). The number of alkyl halides is 5. The number of hydrogen-bond acceptors (Lipinski definition) is 3. The van der Waals surface area contributed by atoms with Gasteiger partial charge >= 0.3 is 12.1 Å². The van der Waals surface area contributed by atoms with Crippen molar-refractivity contribution in [2.75, 3.05) is 0 Å². The van der Waals surface area contributed by atoms with E-state index in [0.29, 0.717) is 0 Å². The Morgan fingerprint density at radius 3 is 2.29 bits per heavy atom. The van der Waals surface area contributed by atoms with Crippen LogP contribution in [0.5, 0.6) is 0 Å². The number of oxime groups is 1. The lowest BCUT2D eigenvalue weighted by Gasteiger charge is -2.30. The van der Waals surface area contributed by atoms with Crippen molar-refractivity contribution < 1.29 is 27.9 Å². The fourth-order valence-electron chi connectivity index (χ4n) is 2.16. The molecule has 0 spiro atoms. The quantitative estimate of drug-likeness (QED) is 0.567. The highest BCUT2D eigenvalue weighted by Gasteiger charge is 2.63. The minimum absolute atomic E-state index is 0.0115. The molecule has 0 fully saturated rings. The van der Waals surface area contributed by atoms with Gasteiger partial charge in [0.15, 0.2) is 0 Å². The maximum Gasteiger partial charge on any atom is 0.435 e. The van der Waals surface area contributed by atoms with Gasteiger partial charge in [-0.2, -0.15) is 13.2 Å². The van der Waals surface area contributed by atoms with Gasteiger partial charge in [-0.1, -0.05) is 60.2 Å². The fourth-order valence-corrected chi connectivity index (χ4v) is 3.46. The molecule has 1 aromatic rings. The Morgan fingerprint density at radius 1 is 1.29 bits per heavy atom. The van der Waals surface area contributed by atoms with Gasteiger partial charge in [-0.25, -0.2) is 0 Å². The number of nitrogens with zero attached hydrogens (tertiary/aromatic N) is 1. The Morgan fingerprint density at radius 2 is 1.83 bits per heavy atom. The largest absolute Gasteiger partial charge is 0.480 e. The minimum atomic E-state index is -4.83. The second kappa shape index (κ2) is 7.01. The molecule has 24 heavy (non-hydrogen) atoms. The van der Waals surface area contributed by atoms with E-state index in [1.54, 1.807) is 0 Å². The van der Waals surface area contributed by atoms with Crippen molar-refractivity contribution in [1.29, 1.82) is 0 Å². The summed E-state index contributed by atoms with van der Waals surface area (Å²) in [4.78, 5) is 13.6. The lowest BCUT2D eigenvalue weighted by Crippen LogP contribution is -2.44. The van der Waals surface area contributed by atoms with Crippen LogP contribution in [0.1, 0.15) is 12.0 Å². The number of carboxylic acid groups (broad SMARTS) is 1. The van der Waals surface area contributed by atoms with Crippen molar-refractivity contribution in [3.05, 3.63) is 33.8 Å².